The van der Waals surface area contributed by atoms with Crippen molar-refractivity contribution in [1.82, 2.24) is 10.6 Å². The maximum Gasteiger partial charge on any atom is 0.246 e. The van der Waals surface area contributed by atoms with Crippen molar-refractivity contribution in [3.63, 3.8) is 0 Å². The fourth-order valence-corrected chi connectivity index (χ4v) is 7.35. The molecule has 6 nitrogen and oxygen atoms in total. The number of nitrogens with one attached hydrogen (secondary N) is 2. The summed E-state index contributed by atoms with van der Waals surface area (Å²) >= 11 is 0. The van der Waals surface area contributed by atoms with Crippen LogP contribution in [0.2, 0.25) is 0 Å². The number of ether oxygens (including phenoxy) is 1. The molecular formula is C22H36N2O4. The van der Waals surface area contributed by atoms with Crippen molar-refractivity contribution in [2.45, 2.75) is 77.4 Å². The monoisotopic (exact) mass is 392 g/mol. The molecule has 28 heavy (non-hydrogen) atoms. The third kappa shape index (κ3) is 3.26. The molecule has 1 heterocycles. The first-order valence-electron chi connectivity index (χ1n) is 11.2. The first-order valence-corrected chi connectivity index (χ1v) is 11.2. The predicted molar refractivity (Wildman–Crippen MR) is 105 cm³/mol. The first kappa shape index (κ1) is 20.1. The Bertz CT molecular complexity index is 626. The summed E-state index contributed by atoms with van der Waals surface area (Å²) in [4.78, 5) is 23.8. The van der Waals surface area contributed by atoms with Crippen LogP contribution in [0.15, 0.2) is 0 Å². The van der Waals surface area contributed by atoms with Crippen LogP contribution in [0.3, 0.4) is 0 Å². The van der Waals surface area contributed by atoms with Gasteiger partial charge in [-0.2, -0.15) is 0 Å². The lowest BCUT2D eigenvalue weighted by Crippen LogP contribution is -2.61. The van der Waals surface area contributed by atoms with Gasteiger partial charge in [0.2, 0.25) is 11.8 Å². The van der Waals surface area contributed by atoms with Crippen molar-refractivity contribution in [3.05, 3.63) is 0 Å². The average molecular weight is 393 g/mol. The highest BCUT2D eigenvalue weighted by Crippen LogP contribution is 2.64. The molecule has 3 aliphatic carbocycles. The molecule has 3 N–H and O–H groups in total. The Balaban J connectivity index is 1.43. The van der Waals surface area contributed by atoms with Crippen molar-refractivity contribution < 1.29 is 19.4 Å². The van der Waals surface area contributed by atoms with E-state index in [0.29, 0.717) is 30.2 Å². The highest BCUT2D eigenvalue weighted by Gasteiger charge is 2.60. The molecule has 7 atom stereocenters. The van der Waals surface area contributed by atoms with E-state index in [4.69, 9.17) is 9.84 Å². The lowest BCUT2D eigenvalue weighted by Gasteiger charge is -2.60. The van der Waals surface area contributed by atoms with Gasteiger partial charge in [0.25, 0.3) is 0 Å². The molecule has 0 spiro atoms. The van der Waals surface area contributed by atoms with Gasteiger partial charge in [0.15, 0.2) is 0 Å². The summed E-state index contributed by atoms with van der Waals surface area (Å²) in [5.74, 6) is 2.16. The first-order chi connectivity index (χ1) is 13.4. The van der Waals surface area contributed by atoms with Gasteiger partial charge in [-0.15, -0.1) is 0 Å². The lowest BCUT2D eigenvalue weighted by molar-refractivity contribution is -0.145. The quantitative estimate of drug-likeness (QED) is 0.668. The third-order valence-corrected chi connectivity index (χ3v) is 8.86. The molecule has 4 fully saturated rings. The van der Waals surface area contributed by atoms with Gasteiger partial charge in [-0.05, 0) is 73.5 Å². The number of carbonyl (C=O) groups excluding carboxylic acids is 2. The van der Waals surface area contributed by atoms with Crippen molar-refractivity contribution in [3.8, 4) is 0 Å². The largest absolute Gasteiger partial charge is 0.395 e. The molecule has 3 saturated carbocycles. The Morgan fingerprint density at radius 3 is 2.71 bits per heavy atom. The minimum Gasteiger partial charge on any atom is -0.395 e. The van der Waals surface area contributed by atoms with E-state index in [0.717, 1.165) is 25.7 Å². The summed E-state index contributed by atoms with van der Waals surface area (Å²) in [5.41, 5.74) is 0.390. The Labute approximate surface area is 168 Å². The van der Waals surface area contributed by atoms with E-state index in [9.17, 15) is 9.59 Å². The van der Waals surface area contributed by atoms with Gasteiger partial charge >= 0.3 is 0 Å². The van der Waals surface area contributed by atoms with Gasteiger partial charge < -0.3 is 20.5 Å². The number of piperidine rings is 1. The second kappa shape index (κ2) is 7.60. The molecule has 0 aromatic rings. The molecule has 158 valence electrons. The van der Waals surface area contributed by atoms with Crippen LogP contribution >= 0.6 is 0 Å². The van der Waals surface area contributed by atoms with Crippen molar-refractivity contribution in [1.29, 1.82) is 0 Å². The zero-order valence-electron chi connectivity index (χ0n) is 17.3. The second-order valence-corrected chi connectivity index (χ2v) is 10.1. The molecule has 0 bridgehead atoms. The Hall–Kier alpha value is -1.14. The fraction of sp³-hybridized carbons (Fsp3) is 0.909. The van der Waals surface area contributed by atoms with Crippen molar-refractivity contribution in [2.24, 2.45) is 28.6 Å². The van der Waals surface area contributed by atoms with Gasteiger partial charge in [0.05, 0.1) is 12.7 Å². The van der Waals surface area contributed by atoms with Gasteiger partial charge in [-0.25, -0.2) is 0 Å². The normalized spacial score (nSPS) is 44.8. The zero-order chi connectivity index (χ0) is 19.9. The Kier molecular flexibility index (Phi) is 5.47. The number of amides is 2. The molecule has 4 aliphatic rings. The van der Waals surface area contributed by atoms with Gasteiger partial charge in [-0.1, -0.05) is 13.8 Å². The summed E-state index contributed by atoms with van der Waals surface area (Å²) in [5, 5.41) is 14.8. The van der Waals surface area contributed by atoms with Gasteiger partial charge in [0.1, 0.15) is 6.61 Å². The number of hydrogen-bond acceptors (Lipinski definition) is 4. The number of aliphatic hydroxyl groups is 1. The van der Waals surface area contributed by atoms with E-state index in [-0.39, 0.29) is 48.5 Å². The SMILES string of the molecule is C[C@]12CCC(=O)NC1CC[C@@H]1[C@H]2CC[C@]2(C)C(OCC(=O)NCCO)CC[C@@H]12. The third-order valence-electron chi connectivity index (χ3n) is 8.86. The van der Waals surface area contributed by atoms with Crippen LogP contribution in [-0.4, -0.2) is 48.8 Å². The molecule has 0 aromatic heterocycles. The van der Waals surface area contributed by atoms with E-state index in [1.165, 1.54) is 19.3 Å². The number of aliphatic hydroxyl groups excluding tert-OH is 1. The standard InChI is InChI=1S/C22H36N2O4/c1-21-10-8-19(26)24-17(21)5-3-14-15-4-6-18(22(15,2)9-7-16(14)21)28-13-20(27)23-11-12-25/h14-18,25H,3-13H2,1-2H3,(H,23,27)(H,24,26)/t14-,15-,16+,17?,18?,21+,22-/m0/s1. The summed E-state index contributed by atoms with van der Waals surface area (Å²) in [7, 11) is 0. The van der Waals surface area contributed by atoms with Crippen molar-refractivity contribution >= 4 is 11.8 Å². The molecule has 2 amide bonds. The molecule has 0 aromatic carbocycles. The van der Waals surface area contributed by atoms with Crippen LogP contribution in [0.25, 0.3) is 0 Å². The second-order valence-electron chi connectivity index (χ2n) is 10.1. The van der Waals surface area contributed by atoms with E-state index < -0.39 is 0 Å². The zero-order valence-corrected chi connectivity index (χ0v) is 17.3. The molecule has 2 unspecified atom stereocenters. The van der Waals surface area contributed by atoms with Crippen LogP contribution in [0.5, 0.6) is 0 Å². The minimum atomic E-state index is -0.138. The van der Waals surface area contributed by atoms with Crippen LogP contribution < -0.4 is 10.6 Å². The Morgan fingerprint density at radius 2 is 1.93 bits per heavy atom. The maximum absolute atomic E-state index is 11.9. The number of carbonyl (C=O) groups is 2. The molecular weight excluding hydrogens is 356 g/mol. The summed E-state index contributed by atoms with van der Waals surface area (Å²) < 4.78 is 6.11. The predicted octanol–water partition coefficient (Wildman–Crippen LogP) is 2.00. The van der Waals surface area contributed by atoms with Crippen LogP contribution in [0, 0.1) is 28.6 Å². The van der Waals surface area contributed by atoms with Crippen LogP contribution in [0.4, 0.5) is 0 Å². The van der Waals surface area contributed by atoms with E-state index in [2.05, 4.69) is 24.5 Å². The van der Waals surface area contributed by atoms with Gasteiger partial charge in [-0.3, -0.25) is 9.59 Å². The smallest absolute Gasteiger partial charge is 0.246 e. The Morgan fingerprint density at radius 1 is 1.14 bits per heavy atom. The molecule has 1 aliphatic heterocycles. The summed E-state index contributed by atoms with van der Waals surface area (Å²) in [6, 6.07) is 0.350. The highest BCUT2D eigenvalue weighted by atomic mass is 16.5. The average Bonchev–Trinajstić information content (AvgIpc) is 3.01. The number of fused-ring (bicyclic) bond motifs is 5. The number of rotatable bonds is 5. The van der Waals surface area contributed by atoms with E-state index in [1.807, 2.05) is 0 Å². The summed E-state index contributed by atoms with van der Waals surface area (Å²) in [6.45, 7) is 5.14. The van der Waals surface area contributed by atoms with E-state index in [1.54, 1.807) is 0 Å². The van der Waals surface area contributed by atoms with Gasteiger partial charge in [0, 0.05) is 19.0 Å². The molecule has 6 heteroatoms. The molecule has 0 radical (unpaired) electrons. The molecule has 4 rings (SSSR count). The molecule has 1 saturated heterocycles. The van der Waals surface area contributed by atoms with Crippen LogP contribution in [-0.2, 0) is 14.3 Å². The minimum absolute atomic E-state index is 0.0434. The van der Waals surface area contributed by atoms with E-state index >= 15 is 0 Å². The highest BCUT2D eigenvalue weighted by molar-refractivity contribution is 5.77. The van der Waals surface area contributed by atoms with Crippen molar-refractivity contribution in [2.75, 3.05) is 19.8 Å². The lowest BCUT2D eigenvalue weighted by atomic mass is 9.47. The topological polar surface area (TPSA) is 87.7 Å². The number of hydrogen-bond donors (Lipinski definition) is 3. The van der Waals surface area contributed by atoms with Crippen LogP contribution in [0.1, 0.15) is 65.2 Å². The maximum atomic E-state index is 11.9. The summed E-state index contributed by atoms with van der Waals surface area (Å²) in [6.07, 6.45) is 8.73. The fourth-order valence-electron chi connectivity index (χ4n) is 7.35.